The van der Waals surface area contributed by atoms with Gasteiger partial charge < -0.3 is 9.88 Å². The van der Waals surface area contributed by atoms with Gasteiger partial charge in [-0.2, -0.15) is 0 Å². The van der Waals surface area contributed by atoms with Crippen molar-refractivity contribution in [3.8, 4) is 5.69 Å². The summed E-state index contributed by atoms with van der Waals surface area (Å²) in [6.45, 7) is 3.78. The van der Waals surface area contributed by atoms with E-state index in [1.54, 1.807) is 18.2 Å². The Morgan fingerprint density at radius 3 is 2.52 bits per heavy atom. The molecule has 0 unspecified atom stereocenters. The molecule has 3 rings (SSSR count). The molecule has 0 aliphatic carbocycles. The van der Waals surface area contributed by atoms with Crippen LogP contribution in [0.3, 0.4) is 0 Å². The fourth-order valence-electron chi connectivity index (χ4n) is 2.45. The third kappa shape index (κ3) is 3.16. The predicted molar refractivity (Wildman–Crippen MR) is 89.6 cm³/mol. The van der Waals surface area contributed by atoms with Crippen molar-refractivity contribution in [2.75, 3.05) is 5.32 Å². The van der Waals surface area contributed by atoms with Gasteiger partial charge in [-0.25, -0.2) is 4.39 Å². The number of anilines is 1. The number of benzene rings is 2. The number of hydrogen-bond donors (Lipinski definition) is 1. The van der Waals surface area contributed by atoms with E-state index in [-0.39, 0.29) is 11.6 Å². The van der Waals surface area contributed by atoms with Gasteiger partial charge in [-0.05, 0) is 55.8 Å². The summed E-state index contributed by atoms with van der Waals surface area (Å²) in [7, 11) is 0. The zero-order valence-electron chi connectivity index (χ0n) is 13.0. The molecule has 0 atom stereocenters. The van der Waals surface area contributed by atoms with Crippen molar-refractivity contribution in [2.24, 2.45) is 0 Å². The molecule has 1 N–H and O–H groups in total. The number of halogens is 1. The molecule has 0 aliphatic heterocycles. The topological polar surface area (TPSA) is 34.0 Å². The van der Waals surface area contributed by atoms with Crippen LogP contribution in [-0.2, 0) is 0 Å². The summed E-state index contributed by atoms with van der Waals surface area (Å²) in [4.78, 5) is 12.5. The molecule has 0 saturated heterocycles. The normalized spacial score (nSPS) is 10.6. The smallest absolute Gasteiger partial charge is 0.256 e. The van der Waals surface area contributed by atoms with Gasteiger partial charge in [0.2, 0.25) is 0 Å². The van der Waals surface area contributed by atoms with Crippen LogP contribution in [0.25, 0.3) is 5.69 Å². The zero-order valence-corrected chi connectivity index (χ0v) is 13.0. The maximum atomic E-state index is 14.0. The van der Waals surface area contributed by atoms with E-state index in [0.717, 1.165) is 16.8 Å². The van der Waals surface area contributed by atoms with E-state index < -0.39 is 5.82 Å². The van der Waals surface area contributed by atoms with E-state index in [1.807, 2.05) is 55.1 Å². The third-order valence-corrected chi connectivity index (χ3v) is 3.74. The first kappa shape index (κ1) is 15.0. The number of nitrogens with zero attached hydrogens (tertiary/aromatic N) is 1. The van der Waals surface area contributed by atoms with Crippen molar-refractivity contribution in [3.63, 3.8) is 0 Å². The molecule has 0 radical (unpaired) electrons. The van der Waals surface area contributed by atoms with Crippen molar-refractivity contribution in [2.45, 2.75) is 13.8 Å². The highest BCUT2D eigenvalue weighted by atomic mass is 19.1. The van der Waals surface area contributed by atoms with Crippen LogP contribution in [0.5, 0.6) is 0 Å². The van der Waals surface area contributed by atoms with E-state index in [1.165, 1.54) is 6.07 Å². The minimum absolute atomic E-state index is 0.169. The molecule has 0 aliphatic rings. The van der Waals surface area contributed by atoms with Crippen LogP contribution in [-0.4, -0.2) is 10.5 Å². The molecule has 3 nitrogen and oxygen atoms in total. The van der Waals surface area contributed by atoms with Crippen LogP contribution in [0.1, 0.15) is 21.5 Å². The second kappa shape index (κ2) is 6.08. The first-order chi connectivity index (χ1) is 11.0. The average molecular weight is 308 g/mol. The molecule has 4 heteroatoms. The first-order valence-corrected chi connectivity index (χ1v) is 7.36. The van der Waals surface area contributed by atoms with Crippen LogP contribution in [0, 0.1) is 19.7 Å². The number of rotatable bonds is 3. The summed E-state index contributed by atoms with van der Waals surface area (Å²) < 4.78 is 15.9. The maximum Gasteiger partial charge on any atom is 0.256 e. The average Bonchev–Trinajstić information content (AvgIpc) is 3.06. The van der Waals surface area contributed by atoms with Crippen molar-refractivity contribution < 1.29 is 9.18 Å². The van der Waals surface area contributed by atoms with Gasteiger partial charge in [0, 0.05) is 23.6 Å². The van der Waals surface area contributed by atoms with E-state index in [4.69, 9.17) is 0 Å². The van der Waals surface area contributed by atoms with Crippen LogP contribution in [0.4, 0.5) is 10.1 Å². The second-order valence-electron chi connectivity index (χ2n) is 5.53. The molecule has 116 valence electrons. The van der Waals surface area contributed by atoms with Crippen LogP contribution >= 0.6 is 0 Å². The number of hydrogen-bond acceptors (Lipinski definition) is 1. The SMILES string of the molecule is Cc1ccc(C)c(C(=O)Nc2cc(-n3cccc3)ccc2F)c1. The lowest BCUT2D eigenvalue weighted by Gasteiger charge is -2.11. The lowest BCUT2D eigenvalue weighted by Crippen LogP contribution is -2.15. The number of nitrogens with one attached hydrogen (secondary N) is 1. The number of amides is 1. The molecule has 2 aromatic carbocycles. The van der Waals surface area contributed by atoms with Crippen molar-refractivity contribution >= 4 is 11.6 Å². The Hall–Kier alpha value is -2.88. The van der Waals surface area contributed by atoms with Crippen molar-refractivity contribution in [1.29, 1.82) is 0 Å². The molecule has 0 spiro atoms. The molecule has 1 aromatic heterocycles. The van der Waals surface area contributed by atoms with Gasteiger partial charge in [0.15, 0.2) is 0 Å². The van der Waals surface area contributed by atoms with Crippen LogP contribution < -0.4 is 5.32 Å². The van der Waals surface area contributed by atoms with Gasteiger partial charge in [-0.3, -0.25) is 4.79 Å². The number of aryl methyl sites for hydroxylation is 2. The largest absolute Gasteiger partial charge is 0.324 e. The zero-order chi connectivity index (χ0) is 16.4. The summed E-state index contributed by atoms with van der Waals surface area (Å²) in [5, 5.41) is 2.67. The second-order valence-corrected chi connectivity index (χ2v) is 5.53. The Labute approximate surface area is 134 Å². The third-order valence-electron chi connectivity index (χ3n) is 3.74. The first-order valence-electron chi connectivity index (χ1n) is 7.36. The molecular weight excluding hydrogens is 291 g/mol. The van der Waals surface area contributed by atoms with E-state index in [9.17, 15) is 9.18 Å². The quantitative estimate of drug-likeness (QED) is 0.760. The summed E-state index contributed by atoms with van der Waals surface area (Å²) in [6, 6.07) is 14.1. The minimum atomic E-state index is -0.459. The highest BCUT2D eigenvalue weighted by Gasteiger charge is 2.13. The fourth-order valence-corrected chi connectivity index (χ4v) is 2.45. The molecule has 0 fully saturated rings. The van der Waals surface area contributed by atoms with Gasteiger partial charge in [0.1, 0.15) is 5.82 Å². The highest BCUT2D eigenvalue weighted by molar-refractivity contribution is 6.05. The van der Waals surface area contributed by atoms with Crippen LogP contribution in [0.2, 0.25) is 0 Å². The Balaban J connectivity index is 1.92. The highest BCUT2D eigenvalue weighted by Crippen LogP contribution is 2.21. The van der Waals surface area contributed by atoms with Gasteiger partial charge in [-0.1, -0.05) is 17.7 Å². The summed E-state index contributed by atoms with van der Waals surface area (Å²) in [6.07, 6.45) is 3.73. The molecule has 1 heterocycles. The van der Waals surface area contributed by atoms with Crippen LogP contribution in [0.15, 0.2) is 60.9 Å². The summed E-state index contributed by atoms with van der Waals surface area (Å²) >= 11 is 0. The Morgan fingerprint density at radius 1 is 1.04 bits per heavy atom. The summed E-state index contributed by atoms with van der Waals surface area (Å²) in [5.74, 6) is -0.769. The van der Waals surface area contributed by atoms with E-state index in [0.29, 0.717) is 5.56 Å². The van der Waals surface area contributed by atoms with Crippen molar-refractivity contribution in [1.82, 2.24) is 4.57 Å². The van der Waals surface area contributed by atoms with Gasteiger partial charge in [0.05, 0.1) is 5.69 Å². The molecule has 1 amide bonds. The Bertz CT molecular complexity index is 854. The Kier molecular flexibility index (Phi) is 3.98. The lowest BCUT2D eigenvalue weighted by molar-refractivity contribution is 0.102. The standard InChI is InChI=1S/C19H17FN2O/c1-13-5-6-14(2)16(11-13)19(23)21-18-12-15(7-8-17(18)20)22-9-3-4-10-22/h3-12H,1-2H3,(H,21,23). The van der Waals surface area contributed by atoms with Gasteiger partial charge in [-0.15, -0.1) is 0 Å². The summed E-state index contributed by atoms with van der Waals surface area (Å²) in [5.41, 5.74) is 3.35. The van der Waals surface area contributed by atoms with Crippen molar-refractivity contribution in [3.05, 3.63) is 83.4 Å². The molecular formula is C19H17FN2O. The molecule has 3 aromatic rings. The number of carbonyl (C=O) groups is 1. The molecule has 23 heavy (non-hydrogen) atoms. The lowest BCUT2D eigenvalue weighted by atomic mass is 10.0. The Morgan fingerprint density at radius 2 is 1.78 bits per heavy atom. The number of aromatic nitrogens is 1. The molecule has 0 saturated carbocycles. The maximum absolute atomic E-state index is 14.0. The molecule has 0 bridgehead atoms. The number of carbonyl (C=O) groups excluding carboxylic acids is 1. The van der Waals surface area contributed by atoms with E-state index in [2.05, 4.69) is 5.32 Å². The van der Waals surface area contributed by atoms with Gasteiger partial charge >= 0.3 is 0 Å². The fraction of sp³-hybridized carbons (Fsp3) is 0.105. The minimum Gasteiger partial charge on any atom is -0.324 e. The van der Waals surface area contributed by atoms with Gasteiger partial charge in [0.25, 0.3) is 5.91 Å². The monoisotopic (exact) mass is 308 g/mol. The predicted octanol–water partition coefficient (Wildman–Crippen LogP) is 4.49. The van der Waals surface area contributed by atoms with E-state index >= 15 is 0 Å².